The second-order valence-corrected chi connectivity index (χ2v) is 6.89. The number of fused-ring (bicyclic) bond motifs is 1. The number of hydrogen-bond acceptors (Lipinski definition) is 8. The maximum Gasteiger partial charge on any atom is 0.240 e. The third-order valence-electron chi connectivity index (χ3n) is 4.77. The molecule has 30 heavy (non-hydrogen) atoms. The molecule has 0 aliphatic carbocycles. The van der Waals surface area contributed by atoms with Gasteiger partial charge in [-0.3, -0.25) is 4.90 Å². The summed E-state index contributed by atoms with van der Waals surface area (Å²) in [6, 6.07) is 15.1. The Balaban J connectivity index is 1.28. The first-order valence-corrected chi connectivity index (χ1v) is 9.92. The van der Waals surface area contributed by atoms with Crippen LogP contribution >= 0.6 is 0 Å². The van der Waals surface area contributed by atoms with Crippen molar-refractivity contribution in [3.05, 3.63) is 60.2 Å². The normalized spacial score (nSPS) is 15.2. The van der Waals surface area contributed by atoms with E-state index in [2.05, 4.69) is 22.0 Å². The number of likely N-dealkylation sites (N-methyl/N-ethyl adjacent to an activating group) is 1. The summed E-state index contributed by atoms with van der Waals surface area (Å²) in [6.45, 7) is 4.89. The summed E-state index contributed by atoms with van der Waals surface area (Å²) in [6.07, 6.45) is -0.0550. The van der Waals surface area contributed by atoms with Gasteiger partial charge in [0.2, 0.25) is 11.7 Å². The Labute approximate surface area is 175 Å². The molecule has 2 aromatic carbocycles. The second-order valence-electron chi connectivity index (χ2n) is 6.89. The van der Waals surface area contributed by atoms with Crippen LogP contribution in [0.25, 0.3) is 0 Å². The summed E-state index contributed by atoms with van der Waals surface area (Å²) in [5.41, 5.74) is 0. The van der Waals surface area contributed by atoms with Gasteiger partial charge in [-0.1, -0.05) is 24.2 Å². The minimum Gasteiger partial charge on any atom is -0.497 e. The van der Waals surface area contributed by atoms with Crippen LogP contribution in [0.2, 0.25) is 0 Å². The van der Waals surface area contributed by atoms with Gasteiger partial charge >= 0.3 is 0 Å². The van der Waals surface area contributed by atoms with Gasteiger partial charge in [-0.15, -0.1) is 0 Å². The minimum absolute atomic E-state index is 0.0550. The third-order valence-corrected chi connectivity index (χ3v) is 4.77. The molecule has 2 heterocycles. The van der Waals surface area contributed by atoms with E-state index in [1.165, 1.54) is 0 Å². The number of methoxy groups -OCH3 is 1. The van der Waals surface area contributed by atoms with Crippen LogP contribution in [0.3, 0.4) is 0 Å². The highest BCUT2D eigenvalue weighted by molar-refractivity contribution is 5.40. The predicted molar refractivity (Wildman–Crippen MR) is 109 cm³/mol. The van der Waals surface area contributed by atoms with Gasteiger partial charge in [-0.05, 0) is 42.9 Å². The molecule has 0 spiro atoms. The molecule has 1 aromatic heterocycles. The van der Waals surface area contributed by atoms with E-state index in [1.54, 1.807) is 7.11 Å². The number of ether oxygens (including phenoxy) is 4. The van der Waals surface area contributed by atoms with Crippen molar-refractivity contribution in [1.29, 1.82) is 0 Å². The van der Waals surface area contributed by atoms with E-state index in [0.29, 0.717) is 37.2 Å². The van der Waals surface area contributed by atoms with Crippen LogP contribution in [0.1, 0.15) is 18.6 Å². The maximum absolute atomic E-state index is 6.05. The number of para-hydroxylation sites is 2. The van der Waals surface area contributed by atoms with Gasteiger partial charge in [-0.25, -0.2) is 0 Å². The molecule has 1 aliphatic rings. The number of aromatic nitrogens is 2. The van der Waals surface area contributed by atoms with Gasteiger partial charge in [-0.2, -0.15) is 4.98 Å². The van der Waals surface area contributed by atoms with Crippen molar-refractivity contribution in [2.45, 2.75) is 26.2 Å². The quantitative estimate of drug-likeness (QED) is 0.531. The molecule has 4 rings (SSSR count). The highest BCUT2D eigenvalue weighted by Crippen LogP contribution is 2.31. The van der Waals surface area contributed by atoms with Crippen LogP contribution in [0.4, 0.5) is 0 Å². The van der Waals surface area contributed by atoms with Gasteiger partial charge in [0, 0.05) is 6.54 Å². The number of rotatable bonds is 9. The second kappa shape index (κ2) is 9.49. The average Bonchev–Trinajstić information content (AvgIpc) is 3.24. The summed E-state index contributed by atoms with van der Waals surface area (Å²) in [4.78, 5) is 6.62. The largest absolute Gasteiger partial charge is 0.497 e. The number of nitrogens with zero attached hydrogens (tertiary/aromatic N) is 3. The smallest absolute Gasteiger partial charge is 0.240 e. The molecule has 0 radical (unpaired) electrons. The molecule has 0 saturated carbocycles. The van der Waals surface area contributed by atoms with E-state index in [9.17, 15) is 0 Å². The molecular weight excluding hydrogens is 386 g/mol. The van der Waals surface area contributed by atoms with Crippen molar-refractivity contribution in [3.63, 3.8) is 0 Å². The lowest BCUT2D eigenvalue weighted by atomic mass is 10.2. The molecule has 0 fully saturated rings. The van der Waals surface area contributed by atoms with E-state index < -0.39 is 0 Å². The topological polar surface area (TPSA) is 79.1 Å². The van der Waals surface area contributed by atoms with Crippen molar-refractivity contribution in [1.82, 2.24) is 15.0 Å². The molecule has 0 saturated heterocycles. The minimum atomic E-state index is -0.0550. The molecule has 0 bridgehead atoms. The van der Waals surface area contributed by atoms with Crippen molar-refractivity contribution in [2.24, 2.45) is 0 Å². The fourth-order valence-corrected chi connectivity index (χ4v) is 3.17. The first-order valence-electron chi connectivity index (χ1n) is 9.92. The third kappa shape index (κ3) is 5.01. The molecule has 1 aliphatic heterocycles. The van der Waals surface area contributed by atoms with Crippen LogP contribution in [0, 0.1) is 0 Å². The fourth-order valence-electron chi connectivity index (χ4n) is 3.17. The first-order chi connectivity index (χ1) is 14.7. The number of benzene rings is 2. The summed E-state index contributed by atoms with van der Waals surface area (Å²) in [5.74, 6) is 4.10. The highest BCUT2D eigenvalue weighted by Gasteiger charge is 2.23. The summed E-state index contributed by atoms with van der Waals surface area (Å²) in [7, 11) is 1.63. The molecule has 0 N–H and O–H groups in total. The standard InChI is InChI=1S/C22H25N3O5/c1-3-25(12-18-14-28-19-6-4-5-7-20(19)29-18)13-22-23-21(24-30-22)15-27-17-10-8-16(26-2)9-11-17/h4-11,18H,3,12-15H2,1-2H3. The zero-order valence-electron chi connectivity index (χ0n) is 17.1. The Morgan fingerprint density at radius 1 is 1.07 bits per heavy atom. The molecule has 1 unspecified atom stereocenters. The zero-order chi connectivity index (χ0) is 20.8. The van der Waals surface area contributed by atoms with Gasteiger partial charge < -0.3 is 23.5 Å². The number of hydrogen-bond donors (Lipinski definition) is 0. The maximum atomic E-state index is 6.05. The lowest BCUT2D eigenvalue weighted by Crippen LogP contribution is -2.40. The fraction of sp³-hybridized carbons (Fsp3) is 0.364. The molecule has 1 atom stereocenters. The van der Waals surface area contributed by atoms with Gasteiger partial charge in [0.15, 0.2) is 18.1 Å². The predicted octanol–water partition coefficient (Wildman–Crippen LogP) is 3.32. The Hall–Kier alpha value is -3.26. The summed E-state index contributed by atoms with van der Waals surface area (Å²) in [5, 5.41) is 4.01. The monoisotopic (exact) mass is 411 g/mol. The van der Waals surface area contributed by atoms with Gasteiger partial charge in [0.1, 0.15) is 24.2 Å². The van der Waals surface area contributed by atoms with Gasteiger partial charge in [0.05, 0.1) is 13.7 Å². The lowest BCUT2D eigenvalue weighted by Gasteiger charge is -2.30. The van der Waals surface area contributed by atoms with Gasteiger partial charge in [0.25, 0.3) is 0 Å². The first kappa shape index (κ1) is 20.0. The Morgan fingerprint density at radius 2 is 1.83 bits per heavy atom. The molecule has 0 amide bonds. The van der Waals surface area contributed by atoms with Crippen molar-refractivity contribution in [2.75, 3.05) is 26.8 Å². The average molecular weight is 411 g/mol. The van der Waals surface area contributed by atoms with Crippen LogP contribution in [-0.2, 0) is 13.2 Å². The van der Waals surface area contributed by atoms with Crippen LogP contribution < -0.4 is 18.9 Å². The Morgan fingerprint density at radius 3 is 2.60 bits per heavy atom. The Kier molecular flexibility index (Phi) is 6.34. The SMILES string of the molecule is CCN(Cc1nc(COc2ccc(OC)cc2)no1)CC1COc2ccccc2O1. The van der Waals surface area contributed by atoms with E-state index in [0.717, 1.165) is 23.8 Å². The van der Waals surface area contributed by atoms with Crippen molar-refractivity contribution >= 4 is 0 Å². The van der Waals surface area contributed by atoms with E-state index >= 15 is 0 Å². The summed E-state index contributed by atoms with van der Waals surface area (Å²) < 4.78 is 28.1. The van der Waals surface area contributed by atoms with E-state index in [1.807, 2.05) is 48.5 Å². The molecular formula is C22H25N3O5. The molecule has 8 nitrogen and oxygen atoms in total. The molecule has 158 valence electrons. The van der Waals surface area contributed by atoms with Crippen LogP contribution in [0.15, 0.2) is 53.1 Å². The molecule has 3 aromatic rings. The van der Waals surface area contributed by atoms with Crippen LogP contribution in [-0.4, -0.2) is 48.0 Å². The Bertz CT molecular complexity index is 944. The lowest BCUT2D eigenvalue weighted by molar-refractivity contribution is 0.0551. The highest BCUT2D eigenvalue weighted by atomic mass is 16.6. The van der Waals surface area contributed by atoms with Crippen molar-refractivity contribution < 1.29 is 23.5 Å². The van der Waals surface area contributed by atoms with Crippen molar-refractivity contribution in [3.8, 4) is 23.0 Å². The molecule has 8 heteroatoms. The zero-order valence-corrected chi connectivity index (χ0v) is 17.1. The van der Waals surface area contributed by atoms with E-state index in [4.69, 9.17) is 23.5 Å². The van der Waals surface area contributed by atoms with Crippen LogP contribution in [0.5, 0.6) is 23.0 Å². The summed E-state index contributed by atoms with van der Waals surface area (Å²) >= 11 is 0. The van der Waals surface area contributed by atoms with E-state index in [-0.39, 0.29) is 12.7 Å².